The Balaban J connectivity index is 3.42. The predicted octanol–water partition coefficient (Wildman–Crippen LogP) is 7.93. The number of rotatable bonds is 14. The highest BCUT2D eigenvalue weighted by Gasteiger charge is 2.49. The van der Waals surface area contributed by atoms with Crippen molar-refractivity contribution in [1.82, 2.24) is 0 Å². The number of aliphatic hydroxyl groups excluding tert-OH is 1. The molecule has 6 heteroatoms. The summed E-state index contributed by atoms with van der Waals surface area (Å²) >= 11 is 0. The molecule has 0 fully saturated rings. The minimum atomic E-state index is -2.25. The molecule has 0 aliphatic carbocycles. The third-order valence-corrected chi connectivity index (χ3v) is 12.4. The van der Waals surface area contributed by atoms with E-state index in [0.717, 1.165) is 12.0 Å². The molecule has 0 heterocycles. The lowest BCUT2D eigenvalue weighted by Crippen LogP contribution is -2.56. The highest BCUT2D eigenvalue weighted by atomic mass is 28.4. The Labute approximate surface area is 234 Å². The summed E-state index contributed by atoms with van der Waals surface area (Å²) in [6, 6.07) is 10.2. The number of ether oxygens (including phenoxy) is 2. The molecule has 1 rings (SSSR count). The summed E-state index contributed by atoms with van der Waals surface area (Å²) < 4.78 is 19.3. The van der Waals surface area contributed by atoms with Crippen LogP contribution in [0.15, 0.2) is 43.0 Å². The first-order valence-electron chi connectivity index (χ1n) is 14.1. The van der Waals surface area contributed by atoms with Gasteiger partial charge in [-0.15, -0.1) is 6.58 Å². The quantitative estimate of drug-likeness (QED) is 0.145. The van der Waals surface area contributed by atoms with Crippen LogP contribution in [0.25, 0.3) is 0 Å². The van der Waals surface area contributed by atoms with Gasteiger partial charge in [0, 0.05) is 11.3 Å². The number of hydrogen-bond acceptors (Lipinski definition) is 5. The predicted molar refractivity (Wildman–Crippen MR) is 160 cm³/mol. The number of hydrogen-bond donors (Lipinski definition) is 1. The first-order chi connectivity index (χ1) is 17.2. The number of aliphatic hydroxyl groups is 1. The molecule has 0 saturated heterocycles. The van der Waals surface area contributed by atoms with Crippen molar-refractivity contribution in [3.05, 3.63) is 48.6 Å². The number of carbonyl (C=O) groups excluding carboxylic acids is 1. The molecular weight excluding hydrogens is 492 g/mol. The number of carbonyl (C=O) groups is 1. The van der Waals surface area contributed by atoms with E-state index in [-0.39, 0.29) is 35.5 Å². The van der Waals surface area contributed by atoms with Crippen molar-refractivity contribution in [2.75, 3.05) is 0 Å². The van der Waals surface area contributed by atoms with Crippen LogP contribution in [0, 0.1) is 17.3 Å². The minimum Gasteiger partial charge on any atom is -0.460 e. The molecular formula is C32H56O5Si. The van der Waals surface area contributed by atoms with Crippen LogP contribution in [0.1, 0.15) is 87.6 Å². The lowest BCUT2D eigenvalue weighted by atomic mass is 9.71. The molecule has 5 nitrogen and oxygen atoms in total. The van der Waals surface area contributed by atoms with Crippen molar-refractivity contribution < 1.29 is 23.8 Å². The number of esters is 1. The summed E-state index contributed by atoms with van der Waals surface area (Å²) in [5.41, 5.74) is -0.239. The second kappa shape index (κ2) is 13.7. The molecule has 1 aromatic rings. The fourth-order valence-electron chi connectivity index (χ4n) is 4.59. The Morgan fingerprint density at radius 1 is 1.03 bits per heavy atom. The zero-order valence-electron chi connectivity index (χ0n) is 26.3. The van der Waals surface area contributed by atoms with Gasteiger partial charge in [0.1, 0.15) is 5.60 Å². The van der Waals surface area contributed by atoms with Crippen molar-refractivity contribution in [2.24, 2.45) is 17.3 Å². The van der Waals surface area contributed by atoms with Crippen molar-refractivity contribution in [3.63, 3.8) is 0 Å². The van der Waals surface area contributed by atoms with Crippen molar-refractivity contribution in [3.8, 4) is 0 Å². The average molecular weight is 549 g/mol. The molecule has 0 radical (unpaired) electrons. The third kappa shape index (κ3) is 10.3. The van der Waals surface area contributed by atoms with Gasteiger partial charge in [-0.05, 0) is 56.8 Å². The van der Waals surface area contributed by atoms with Crippen LogP contribution in [0.5, 0.6) is 0 Å². The van der Waals surface area contributed by atoms with Crippen LogP contribution in [0.2, 0.25) is 18.1 Å². The van der Waals surface area contributed by atoms with Crippen LogP contribution in [0.3, 0.4) is 0 Å². The number of benzene rings is 1. The molecule has 5 atom stereocenters. The van der Waals surface area contributed by atoms with Gasteiger partial charge >= 0.3 is 5.97 Å². The second-order valence-corrected chi connectivity index (χ2v) is 18.8. The van der Waals surface area contributed by atoms with E-state index in [1.165, 1.54) is 0 Å². The van der Waals surface area contributed by atoms with Crippen molar-refractivity contribution in [1.29, 1.82) is 0 Å². The summed E-state index contributed by atoms with van der Waals surface area (Å²) in [4.78, 5) is 12.7. The van der Waals surface area contributed by atoms with Crippen molar-refractivity contribution in [2.45, 2.75) is 131 Å². The first kappa shape index (κ1) is 34.6. The van der Waals surface area contributed by atoms with Crippen LogP contribution in [-0.2, 0) is 25.3 Å². The van der Waals surface area contributed by atoms with Crippen molar-refractivity contribution >= 4 is 14.3 Å². The second-order valence-electron chi connectivity index (χ2n) is 14.0. The molecule has 218 valence electrons. The van der Waals surface area contributed by atoms with Gasteiger partial charge in [0.25, 0.3) is 0 Å². The minimum absolute atomic E-state index is 0.0235. The standard InChI is InChI=1S/C32H56O5Si/c1-14-18-23(2)28(35-22-25-19-16-15-17-20-25)24(3)29(37-38(12,13)31(7,8)9)32(10,11)26(33)21-27(34)36-30(4,5)6/h14-17,19-20,23-24,26,28-29,33H,1,18,21-22H2,2-13H3/t23-,24+,26-,28-,29+/m0/s1. The Morgan fingerprint density at radius 2 is 1.58 bits per heavy atom. The maximum Gasteiger partial charge on any atom is 0.308 e. The van der Waals surface area contributed by atoms with Crippen LogP contribution in [0.4, 0.5) is 0 Å². The lowest BCUT2D eigenvalue weighted by Gasteiger charge is -2.50. The maximum atomic E-state index is 12.7. The Bertz CT molecular complexity index is 866. The van der Waals surface area contributed by atoms with Gasteiger partial charge in [0.15, 0.2) is 8.32 Å². The van der Waals surface area contributed by atoms with Crippen LogP contribution in [-0.4, -0.2) is 43.3 Å². The highest BCUT2D eigenvalue weighted by Crippen LogP contribution is 2.44. The molecule has 0 aliphatic heterocycles. The molecule has 1 N–H and O–H groups in total. The molecule has 0 unspecified atom stereocenters. The summed E-state index contributed by atoms with van der Waals surface area (Å²) in [5, 5.41) is 11.4. The van der Waals surface area contributed by atoms with E-state index < -0.39 is 31.4 Å². The van der Waals surface area contributed by atoms with E-state index in [2.05, 4.69) is 66.4 Å². The van der Waals surface area contributed by atoms with Gasteiger partial charge in [-0.3, -0.25) is 4.79 Å². The van der Waals surface area contributed by atoms with E-state index in [9.17, 15) is 9.90 Å². The molecule has 0 amide bonds. The van der Waals surface area contributed by atoms with E-state index in [4.69, 9.17) is 13.9 Å². The molecule has 0 saturated carbocycles. The molecule has 0 aliphatic rings. The average Bonchev–Trinajstić information content (AvgIpc) is 2.76. The summed E-state index contributed by atoms with van der Waals surface area (Å²) in [6.07, 6.45) is 1.20. The smallest absolute Gasteiger partial charge is 0.308 e. The molecule has 0 aromatic heterocycles. The zero-order chi connectivity index (χ0) is 29.5. The summed E-state index contributed by atoms with van der Waals surface area (Å²) in [5.74, 6) is -0.282. The Morgan fingerprint density at radius 3 is 2.05 bits per heavy atom. The summed E-state index contributed by atoms with van der Waals surface area (Å²) in [6.45, 7) is 29.4. The first-order valence-corrected chi connectivity index (χ1v) is 17.0. The van der Waals surface area contributed by atoms with Crippen LogP contribution < -0.4 is 0 Å². The van der Waals surface area contributed by atoms with Gasteiger partial charge < -0.3 is 19.0 Å². The van der Waals surface area contributed by atoms with Gasteiger partial charge in [-0.2, -0.15) is 0 Å². The van der Waals surface area contributed by atoms with E-state index in [1.807, 2.05) is 58.9 Å². The monoisotopic (exact) mass is 548 g/mol. The van der Waals surface area contributed by atoms with E-state index in [1.54, 1.807) is 0 Å². The van der Waals surface area contributed by atoms with Gasteiger partial charge in [-0.1, -0.05) is 84.9 Å². The zero-order valence-corrected chi connectivity index (χ0v) is 27.3. The van der Waals surface area contributed by atoms with Gasteiger partial charge in [0.05, 0.1) is 31.3 Å². The SMILES string of the molecule is C=CC[C@H](C)[C@H](OCc1ccccc1)[C@@H](C)[C@@H](O[Si](C)(C)C(C)(C)C)C(C)(C)[C@@H](O)CC(=O)OC(C)(C)C. The Kier molecular flexibility index (Phi) is 12.5. The largest absolute Gasteiger partial charge is 0.460 e. The fraction of sp³-hybridized carbons (Fsp3) is 0.719. The Hall–Kier alpha value is -1.47. The fourth-order valence-corrected chi connectivity index (χ4v) is 6.10. The molecule has 0 bridgehead atoms. The molecule has 0 spiro atoms. The molecule has 38 heavy (non-hydrogen) atoms. The highest BCUT2D eigenvalue weighted by molar-refractivity contribution is 6.74. The molecule has 1 aromatic carbocycles. The maximum absolute atomic E-state index is 12.7. The van der Waals surface area contributed by atoms with Crippen LogP contribution >= 0.6 is 0 Å². The van der Waals surface area contributed by atoms with Gasteiger partial charge in [-0.25, -0.2) is 0 Å². The normalized spacial score (nSPS) is 17.3. The van der Waals surface area contributed by atoms with E-state index in [0.29, 0.717) is 6.61 Å². The van der Waals surface area contributed by atoms with Gasteiger partial charge in [0.2, 0.25) is 0 Å². The lowest BCUT2D eigenvalue weighted by molar-refractivity contribution is -0.162. The number of allylic oxidation sites excluding steroid dienone is 1. The third-order valence-electron chi connectivity index (χ3n) is 7.98. The topological polar surface area (TPSA) is 65.0 Å². The summed E-state index contributed by atoms with van der Waals surface area (Å²) in [7, 11) is -2.25. The van der Waals surface area contributed by atoms with E-state index >= 15 is 0 Å².